The van der Waals surface area contributed by atoms with E-state index in [2.05, 4.69) is 4.98 Å². The van der Waals surface area contributed by atoms with Gasteiger partial charge in [0.25, 0.3) is 0 Å². The Balaban J connectivity index is 2.06. The van der Waals surface area contributed by atoms with E-state index in [4.69, 9.17) is 4.74 Å². The molecule has 0 amide bonds. The standard InChI is InChI=1S/C13H14F2N2O2/c1-9(18)10-3-2-4-11(7-10)19-8-12-16-5-6-17(12)13(14)15/h2-7,9,13,18H,8H2,1H3/t9-/m0/s1. The van der Waals surface area contributed by atoms with Crippen LogP contribution in [0.3, 0.4) is 0 Å². The van der Waals surface area contributed by atoms with E-state index in [1.54, 1.807) is 31.2 Å². The summed E-state index contributed by atoms with van der Waals surface area (Å²) in [5, 5.41) is 9.45. The van der Waals surface area contributed by atoms with E-state index in [0.717, 1.165) is 4.57 Å². The van der Waals surface area contributed by atoms with Crippen molar-refractivity contribution in [2.45, 2.75) is 26.2 Å². The lowest BCUT2D eigenvalue weighted by molar-refractivity contribution is 0.0632. The molecule has 19 heavy (non-hydrogen) atoms. The molecule has 0 aliphatic heterocycles. The number of nitrogens with zero attached hydrogens (tertiary/aromatic N) is 2. The highest BCUT2D eigenvalue weighted by molar-refractivity contribution is 5.29. The van der Waals surface area contributed by atoms with Gasteiger partial charge in [-0.05, 0) is 24.6 Å². The smallest absolute Gasteiger partial charge is 0.320 e. The van der Waals surface area contributed by atoms with E-state index in [0.29, 0.717) is 11.3 Å². The van der Waals surface area contributed by atoms with Crippen LogP contribution in [0.15, 0.2) is 36.7 Å². The van der Waals surface area contributed by atoms with Crippen molar-refractivity contribution in [1.82, 2.24) is 9.55 Å². The largest absolute Gasteiger partial charge is 0.486 e. The van der Waals surface area contributed by atoms with Gasteiger partial charge >= 0.3 is 6.55 Å². The molecule has 102 valence electrons. The third kappa shape index (κ3) is 3.29. The third-order valence-corrected chi connectivity index (χ3v) is 2.67. The summed E-state index contributed by atoms with van der Waals surface area (Å²) in [6.07, 6.45) is 1.90. The van der Waals surface area contributed by atoms with Crippen LogP contribution in [-0.2, 0) is 6.61 Å². The molecule has 0 radical (unpaired) electrons. The van der Waals surface area contributed by atoms with Crippen molar-refractivity contribution < 1.29 is 18.6 Å². The highest BCUT2D eigenvalue weighted by Crippen LogP contribution is 2.20. The molecule has 2 rings (SSSR count). The van der Waals surface area contributed by atoms with E-state index in [1.807, 2.05) is 0 Å². The van der Waals surface area contributed by atoms with Crippen LogP contribution < -0.4 is 4.74 Å². The van der Waals surface area contributed by atoms with E-state index in [1.165, 1.54) is 12.4 Å². The number of ether oxygens (including phenoxy) is 1. The monoisotopic (exact) mass is 268 g/mol. The molecule has 1 heterocycles. The Bertz CT molecular complexity index is 541. The molecule has 0 spiro atoms. The number of hydrogen-bond acceptors (Lipinski definition) is 3. The van der Waals surface area contributed by atoms with Crippen LogP contribution in [0.25, 0.3) is 0 Å². The topological polar surface area (TPSA) is 47.3 Å². The number of halogens is 2. The quantitative estimate of drug-likeness (QED) is 0.907. The number of rotatable bonds is 5. The highest BCUT2D eigenvalue weighted by atomic mass is 19.3. The van der Waals surface area contributed by atoms with Crippen molar-refractivity contribution in [1.29, 1.82) is 0 Å². The van der Waals surface area contributed by atoms with Gasteiger partial charge in [0.1, 0.15) is 12.4 Å². The minimum Gasteiger partial charge on any atom is -0.486 e. The average molecular weight is 268 g/mol. The maximum atomic E-state index is 12.6. The normalized spacial score (nSPS) is 12.7. The number of hydrogen-bond donors (Lipinski definition) is 1. The predicted molar refractivity (Wildman–Crippen MR) is 64.9 cm³/mol. The zero-order chi connectivity index (χ0) is 13.8. The summed E-state index contributed by atoms with van der Waals surface area (Å²) in [4.78, 5) is 3.82. The van der Waals surface area contributed by atoms with Gasteiger partial charge in [-0.25, -0.2) is 4.98 Å². The Kier molecular flexibility index (Phi) is 4.11. The highest BCUT2D eigenvalue weighted by Gasteiger charge is 2.11. The first-order valence-electron chi connectivity index (χ1n) is 5.78. The summed E-state index contributed by atoms with van der Waals surface area (Å²) in [6.45, 7) is -1.05. The van der Waals surface area contributed by atoms with E-state index in [-0.39, 0.29) is 12.4 Å². The molecule has 0 saturated heterocycles. The minimum atomic E-state index is -2.63. The Morgan fingerprint density at radius 2 is 2.21 bits per heavy atom. The molecule has 6 heteroatoms. The summed E-state index contributed by atoms with van der Waals surface area (Å²) >= 11 is 0. The zero-order valence-corrected chi connectivity index (χ0v) is 10.3. The van der Waals surface area contributed by atoms with Gasteiger partial charge in [0, 0.05) is 12.4 Å². The van der Waals surface area contributed by atoms with Crippen molar-refractivity contribution in [3.05, 3.63) is 48.0 Å². The van der Waals surface area contributed by atoms with Crippen molar-refractivity contribution in [3.8, 4) is 5.75 Å². The molecule has 1 atom stereocenters. The number of aromatic nitrogens is 2. The lowest BCUT2D eigenvalue weighted by Crippen LogP contribution is -2.07. The molecule has 0 bridgehead atoms. The SMILES string of the molecule is C[C@H](O)c1cccc(OCc2nccn2C(F)F)c1. The van der Waals surface area contributed by atoms with Crippen LogP contribution in [0, 0.1) is 0 Å². The second kappa shape index (κ2) is 5.79. The number of alkyl halides is 2. The van der Waals surface area contributed by atoms with Crippen LogP contribution in [0.4, 0.5) is 8.78 Å². The zero-order valence-electron chi connectivity index (χ0n) is 10.3. The van der Waals surface area contributed by atoms with E-state index >= 15 is 0 Å². The van der Waals surface area contributed by atoms with Gasteiger partial charge in [-0.15, -0.1) is 0 Å². The summed E-state index contributed by atoms with van der Waals surface area (Å²) in [7, 11) is 0. The molecule has 4 nitrogen and oxygen atoms in total. The Morgan fingerprint density at radius 3 is 2.89 bits per heavy atom. The van der Waals surface area contributed by atoms with Gasteiger partial charge in [0.15, 0.2) is 5.82 Å². The fraction of sp³-hybridized carbons (Fsp3) is 0.308. The first kappa shape index (κ1) is 13.5. The van der Waals surface area contributed by atoms with Crippen LogP contribution in [0.5, 0.6) is 5.75 Å². The summed E-state index contributed by atoms with van der Waals surface area (Å²) in [6, 6.07) is 6.86. The van der Waals surface area contributed by atoms with E-state index in [9.17, 15) is 13.9 Å². The van der Waals surface area contributed by atoms with Gasteiger partial charge < -0.3 is 9.84 Å². The van der Waals surface area contributed by atoms with Gasteiger partial charge in [-0.1, -0.05) is 12.1 Å². The van der Waals surface area contributed by atoms with Crippen molar-refractivity contribution in [2.75, 3.05) is 0 Å². The van der Waals surface area contributed by atoms with Gasteiger partial charge in [-0.2, -0.15) is 8.78 Å². The molecule has 0 saturated carbocycles. The maximum absolute atomic E-state index is 12.6. The summed E-state index contributed by atoms with van der Waals surface area (Å²) < 4.78 is 31.3. The average Bonchev–Trinajstić information content (AvgIpc) is 2.85. The fourth-order valence-electron chi connectivity index (χ4n) is 1.65. The number of aliphatic hydroxyl groups is 1. The lowest BCUT2D eigenvalue weighted by atomic mass is 10.1. The molecule has 0 fully saturated rings. The number of aliphatic hydroxyl groups excluding tert-OH is 1. The van der Waals surface area contributed by atoms with Crippen LogP contribution >= 0.6 is 0 Å². The molecule has 1 aromatic carbocycles. The molecular formula is C13H14F2N2O2. The van der Waals surface area contributed by atoms with Crippen LogP contribution in [0.1, 0.15) is 31.0 Å². The molecule has 0 unspecified atom stereocenters. The molecule has 0 aliphatic carbocycles. The molecule has 2 aromatic rings. The molecule has 0 aliphatic rings. The minimum absolute atomic E-state index is 0.0550. The maximum Gasteiger partial charge on any atom is 0.320 e. The summed E-state index contributed by atoms with van der Waals surface area (Å²) in [5.74, 6) is 0.652. The van der Waals surface area contributed by atoms with Gasteiger partial charge in [-0.3, -0.25) is 4.57 Å². The molecule has 1 N–H and O–H groups in total. The van der Waals surface area contributed by atoms with Crippen LogP contribution in [-0.4, -0.2) is 14.7 Å². The Morgan fingerprint density at radius 1 is 1.42 bits per heavy atom. The second-order valence-corrected chi connectivity index (χ2v) is 4.07. The third-order valence-electron chi connectivity index (χ3n) is 2.67. The number of benzene rings is 1. The van der Waals surface area contributed by atoms with Gasteiger partial charge in [0.2, 0.25) is 0 Å². The fourth-order valence-corrected chi connectivity index (χ4v) is 1.65. The Labute approximate surface area is 109 Å². The van der Waals surface area contributed by atoms with E-state index < -0.39 is 12.7 Å². The first-order chi connectivity index (χ1) is 9.08. The van der Waals surface area contributed by atoms with Crippen molar-refractivity contribution in [2.24, 2.45) is 0 Å². The second-order valence-electron chi connectivity index (χ2n) is 4.07. The van der Waals surface area contributed by atoms with Crippen molar-refractivity contribution in [3.63, 3.8) is 0 Å². The molecular weight excluding hydrogens is 254 g/mol. The summed E-state index contributed by atoms with van der Waals surface area (Å²) in [5.41, 5.74) is 0.703. The van der Waals surface area contributed by atoms with Crippen molar-refractivity contribution >= 4 is 0 Å². The number of imidazole rings is 1. The molecule has 1 aromatic heterocycles. The lowest BCUT2D eigenvalue weighted by Gasteiger charge is -2.10. The van der Waals surface area contributed by atoms with Crippen LogP contribution in [0.2, 0.25) is 0 Å². The Hall–Kier alpha value is -1.95. The van der Waals surface area contributed by atoms with Gasteiger partial charge in [0.05, 0.1) is 6.10 Å². The predicted octanol–water partition coefficient (Wildman–Crippen LogP) is 2.91. The first-order valence-corrected chi connectivity index (χ1v) is 5.78.